The first-order valence-electron chi connectivity index (χ1n) is 6.20. The molecule has 0 saturated heterocycles. The Bertz CT molecular complexity index is 716. The fraction of sp³-hybridized carbons (Fsp3) is 0.0667. The van der Waals surface area contributed by atoms with Gasteiger partial charge in [-0.2, -0.15) is 0 Å². The Morgan fingerprint density at radius 1 is 1.29 bits per heavy atom. The van der Waals surface area contributed by atoms with E-state index < -0.39 is 0 Å². The highest BCUT2D eigenvalue weighted by Crippen LogP contribution is 2.32. The molecular formula is C15H11BrN2O3. The molecule has 21 heavy (non-hydrogen) atoms. The maximum absolute atomic E-state index is 11.9. The van der Waals surface area contributed by atoms with E-state index in [9.17, 15) is 4.79 Å². The third-order valence-corrected chi connectivity index (χ3v) is 3.49. The lowest BCUT2D eigenvalue weighted by atomic mass is 10.2. The smallest absolute Gasteiger partial charge is 0.248 e. The van der Waals surface area contributed by atoms with Crippen LogP contribution in [-0.4, -0.2) is 17.7 Å². The fourth-order valence-electron chi connectivity index (χ4n) is 1.84. The van der Waals surface area contributed by atoms with E-state index in [1.54, 1.807) is 24.5 Å². The summed E-state index contributed by atoms with van der Waals surface area (Å²) in [6.45, 7) is 0.235. The molecule has 2 aromatic rings. The minimum absolute atomic E-state index is 0.223. The number of nitrogens with one attached hydrogen (secondary N) is 1. The number of ether oxygens (including phenoxy) is 2. The number of benzene rings is 1. The number of carbonyl (C=O) groups is 1. The zero-order valence-corrected chi connectivity index (χ0v) is 12.5. The number of pyridine rings is 1. The summed E-state index contributed by atoms with van der Waals surface area (Å²) in [5.74, 6) is 1.19. The largest absolute Gasteiger partial charge is 0.454 e. The van der Waals surface area contributed by atoms with Gasteiger partial charge < -0.3 is 14.8 Å². The van der Waals surface area contributed by atoms with Gasteiger partial charge in [0.2, 0.25) is 12.7 Å². The summed E-state index contributed by atoms with van der Waals surface area (Å²) in [6, 6.07) is 7.23. The Kier molecular flexibility index (Phi) is 3.87. The van der Waals surface area contributed by atoms with Gasteiger partial charge in [-0.3, -0.25) is 9.78 Å². The van der Waals surface area contributed by atoms with Crippen molar-refractivity contribution < 1.29 is 14.3 Å². The van der Waals surface area contributed by atoms with Gasteiger partial charge in [-0.25, -0.2) is 0 Å². The molecule has 1 aromatic heterocycles. The molecule has 1 aliphatic heterocycles. The molecule has 0 atom stereocenters. The summed E-state index contributed by atoms with van der Waals surface area (Å²) in [6.07, 6.45) is 6.41. The van der Waals surface area contributed by atoms with Gasteiger partial charge in [0.25, 0.3) is 0 Å². The first-order chi connectivity index (χ1) is 10.2. The number of hydrogen-bond acceptors (Lipinski definition) is 4. The third-order valence-electron chi connectivity index (χ3n) is 2.85. The van der Waals surface area contributed by atoms with Crippen molar-refractivity contribution in [3.63, 3.8) is 0 Å². The normalized spacial score (nSPS) is 12.6. The van der Waals surface area contributed by atoms with Crippen molar-refractivity contribution in [1.29, 1.82) is 0 Å². The fourth-order valence-corrected chi connectivity index (χ4v) is 2.19. The number of hydrogen-bond donors (Lipinski definition) is 1. The summed E-state index contributed by atoms with van der Waals surface area (Å²) in [5, 5.41) is 2.76. The second-order valence-electron chi connectivity index (χ2n) is 4.29. The van der Waals surface area contributed by atoms with Crippen LogP contribution in [0.5, 0.6) is 11.5 Å². The summed E-state index contributed by atoms with van der Waals surface area (Å²) >= 11 is 3.32. The number of fused-ring (bicyclic) bond motifs is 1. The van der Waals surface area contributed by atoms with Gasteiger partial charge in [0.1, 0.15) is 0 Å². The number of rotatable bonds is 3. The monoisotopic (exact) mass is 346 g/mol. The van der Waals surface area contributed by atoms with E-state index in [-0.39, 0.29) is 12.7 Å². The third kappa shape index (κ3) is 3.22. The molecule has 0 saturated carbocycles. The molecule has 0 spiro atoms. The highest BCUT2D eigenvalue weighted by atomic mass is 79.9. The summed E-state index contributed by atoms with van der Waals surface area (Å²) in [5.41, 5.74) is 1.54. The summed E-state index contributed by atoms with van der Waals surface area (Å²) < 4.78 is 11.3. The number of anilines is 1. The second kappa shape index (κ2) is 5.97. The first-order valence-corrected chi connectivity index (χ1v) is 7.00. The van der Waals surface area contributed by atoms with Crippen LogP contribution < -0.4 is 14.8 Å². The van der Waals surface area contributed by atoms with Crippen LogP contribution in [0.4, 0.5) is 5.69 Å². The molecule has 6 heteroatoms. The topological polar surface area (TPSA) is 60.5 Å². The molecule has 2 heterocycles. The Morgan fingerprint density at radius 2 is 2.14 bits per heavy atom. The molecule has 1 aliphatic rings. The minimum Gasteiger partial charge on any atom is -0.454 e. The maximum atomic E-state index is 11.9. The summed E-state index contributed by atoms with van der Waals surface area (Å²) in [7, 11) is 0. The van der Waals surface area contributed by atoms with Crippen LogP contribution in [0.15, 0.2) is 47.2 Å². The molecule has 1 aromatic carbocycles. The van der Waals surface area contributed by atoms with Gasteiger partial charge >= 0.3 is 0 Å². The van der Waals surface area contributed by atoms with Crippen molar-refractivity contribution >= 4 is 33.6 Å². The van der Waals surface area contributed by atoms with E-state index in [4.69, 9.17) is 9.47 Å². The van der Waals surface area contributed by atoms with E-state index in [2.05, 4.69) is 26.2 Å². The number of carbonyl (C=O) groups excluding carboxylic acids is 1. The van der Waals surface area contributed by atoms with Crippen molar-refractivity contribution in [3.8, 4) is 11.5 Å². The molecular weight excluding hydrogens is 336 g/mol. The van der Waals surface area contributed by atoms with Crippen molar-refractivity contribution in [2.75, 3.05) is 12.1 Å². The predicted molar refractivity (Wildman–Crippen MR) is 82.2 cm³/mol. The second-order valence-corrected chi connectivity index (χ2v) is 5.15. The average Bonchev–Trinajstić information content (AvgIpc) is 2.95. The molecule has 0 radical (unpaired) electrons. The number of amides is 1. The molecule has 1 amide bonds. The highest BCUT2D eigenvalue weighted by molar-refractivity contribution is 9.10. The van der Waals surface area contributed by atoms with Crippen LogP contribution in [-0.2, 0) is 4.79 Å². The van der Waals surface area contributed by atoms with Gasteiger partial charge in [-0.1, -0.05) is 6.07 Å². The number of nitrogens with zero attached hydrogens (tertiary/aromatic N) is 1. The van der Waals surface area contributed by atoms with Gasteiger partial charge in [0, 0.05) is 18.5 Å². The van der Waals surface area contributed by atoms with Crippen LogP contribution in [0.2, 0.25) is 0 Å². The lowest BCUT2D eigenvalue weighted by Crippen LogP contribution is -2.08. The van der Waals surface area contributed by atoms with Crippen molar-refractivity contribution in [1.82, 2.24) is 4.98 Å². The van der Waals surface area contributed by atoms with E-state index in [1.165, 1.54) is 6.08 Å². The average molecular weight is 347 g/mol. The SMILES string of the molecule is O=C(/C=C/c1ccc2c(c1)OCO2)Nc1ccncc1Br. The van der Waals surface area contributed by atoms with Crippen LogP contribution in [0, 0.1) is 0 Å². The number of aromatic nitrogens is 1. The van der Waals surface area contributed by atoms with Gasteiger partial charge in [0.05, 0.1) is 10.2 Å². The van der Waals surface area contributed by atoms with Gasteiger partial charge in [0.15, 0.2) is 11.5 Å². The molecule has 106 valence electrons. The molecule has 5 nitrogen and oxygen atoms in total. The Hall–Kier alpha value is -2.34. The lowest BCUT2D eigenvalue weighted by Gasteiger charge is -2.03. The maximum Gasteiger partial charge on any atom is 0.248 e. The molecule has 0 fully saturated rings. The highest BCUT2D eigenvalue weighted by Gasteiger charge is 2.12. The van der Waals surface area contributed by atoms with E-state index >= 15 is 0 Å². The Labute approximate surface area is 129 Å². The predicted octanol–water partition coefficient (Wildman–Crippen LogP) is 3.22. The van der Waals surface area contributed by atoms with Crippen molar-refractivity contribution in [2.45, 2.75) is 0 Å². The first kappa shape index (κ1) is 13.6. The van der Waals surface area contributed by atoms with Gasteiger partial charge in [-0.15, -0.1) is 0 Å². The lowest BCUT2D eigenvalue weighted by molar-refractivity contribution is -0.111. The van der Waals surface area contributed by atoms with Crippen LogP contribution in [0.25, 0.3) is 6.08 Å². The summed E-state index contributed by atoms with van der Waals surface area (Å²) in [4.78, 5) is 15.8. The van der Waals surface area contributed by atoms with Crippen LogP contribution >= 0.6 is 15.9 Å². The standard InChI is InChI=1S/C15H11BrN2O3/c16-11-8-17-6-5-12(11)18-15(19)4-2-10-1-3-13-14(7-10)21-9-20-13/h1-8H,9H2,(H,17,18,19)/b4-2+. The van der Waals surface area contributed by atoms with Crippen molar-refractivity contribution in [2.24, 2.45) is 0 Å². The molecule has 0 unspecified atom stereocenters. The zero-order chi connectivity index (χ0) is 14.7. The van der Waals surface area contributed by atoms with Gasteiger partial charge in [-0.05, 0) is 45.8 Å². The van der Waals surface area contributed by atoms with E-state index in [0.29, 0.717) is 11.4 Å². The Balaban J connectivity index is 1.68. The molecule has 1 N–H and O–H groups in total. The molecule has 0 aliphatic carbocycles. The quantitative estimate of drug-likeness (QED) is 0.866. The van der Waals surface area contributed by atoms with E-state index in [1.807, 2.05) is 18.2 Å². The van der Waals surface area contributed by atoms with Crippen LogP contribution in [0.1, 0.15) is 5.56 Å². The minimum atomic E-state index is -0.223. The van der Waals surface area contributed by atoms with Crippen LogP contribution in [0.3, 0.4) is 0 Å². The Morgan fingerprint density at radius 3 is 3.00 bits per heavy atom. The zero-order valence-electron chi connectivity index (χ0n) is 10.9. The van der Waals surface area contributed by atoms with Crippen molar-refractivity contribution in [3.05, 3.63) is 52.8 Å². The number of halogens is 1. The van der Waals surface area contributed by atoms with E-state index in [0.717, 1.165) is 15.8 Å². The molecule has 0 bridgehead atoms. The molecule has 3 rings (SSSR count).